The van der Waals surface area contributed by atoms with Crippen LogP contribution in [0.2, 0.25) is 0 Å². The maximum Gasteiger partial charge on any atom is 0.317 e. The summed E-state index contributed by atoms with van der Waals surface area (Å²) in [5.74, 6) is 0.190. The quantitative estimate of drug-likeness (QED) is 0.876. The van der Waals surface area contributed by atoms with Gasteiger partial charge in [-0.25, -0.2) is 4.79 Å². The van der Waals surface area contributed by atoms with Gasteiger partial charge in [-0.15, -0.1) is 0 Å². The number of aryl methyl sites for hydroxylation is 1. The highest BCUT2D eigenvalue weighted by atomic mass is 16.5. The first-order valence-electron chi connectivity index (χ1n) is 9.41. The number of hydrogen-bond acceptors (Lipinski definition) is 3. The number of urea groups is 1. The molecule has 6 nitrogen and oxygen atoms in total. The number of methoxy groups -OCH3 is 1. The lowest BCUT2D eigenvalue weighted by molar-refractivity contribution is -0.146. The minimum absolute atomic E-state index is 0.0769. The molecule has 1 atom stereocenters. The van der Waals surface area contributed by atoms with E-state index in [-0.39, 0.29) is 11.9 Å². The summed E-state index contributed by atoms with van der Waals surface area (Å²) in [4.78, 5) is 29.3. The van der Waals surface area contributed by atoms with Gasteiger partial charge in [-0.05, 0) is 37.3 Å². The van der Waals surface area contributed by atoms with Crippen LogP contribution in [0.25, 0.3) is 0 Å². The van der Waals surface area contributed by atoms with E-state index in [1.54, 1.807) is 12.0 Å². The van der Waals surface area contributed by atoms with Crippen molar-refractivity contribution >= 4 is 11.9 Å². The van der Waals surface area contributed by atoms with E-state index in [9.17, 15) is 9.59 Å². The van der Waals surface area contributed by atoms with Gasteiger partial charge >= 0.3 is 6.03 Å². The largest absolute Gasteiger partial charge is 0.383 e. The van der Waals surface area contributed by atoms with Crippen LogP contribution < -0.4 is 5.32 Å². The molecule has 1 spiro atoms. The third-order valence-corrected chi connectivity index (χ3v) is 5.72. The van der Waals surface area contributed by atoms with Gasteiger partial charge in [0.1, 0.15) is 0 Å². The van der Waals surface area contributed by atoms with Gasteiger partial charge in [0.25, 0.3) is 0 Å². The smallest absolute Gasteiger partial charge is 0.317 e. The van der Waals surface area contributed by atoms with Crippen LogP contribution in [0.4, 0.5) is 4.79 Å². The number of rotatable bonds is 5. The molecule has 0 radical (unpaired) electrons. The van der Waals surface area contributed by atoms with Crippen LogP contribution in [0.5, 0.6) is 0 Å². The number of carbonyl (C=O) groups is 2. The van der Waals surface area contributed by atoms with Crippen LogP contribution >= 0.6 is 0 Å². The van der Waals surface area contributed by atoms with Crippen molar-refractivity contribution < 1.29 is 14.3 Å². The SMILES string of the molecule is COCCN1CCCC2(CCN(C(=O)NCc3ccccc3C)C2)C1=O. The number of benzene rings is 1. The van der Waals surface area contributed by atoms with Crippen LogP contribution in [-0.4, -0.2) is 61.6 Å². The Bertz CT molecular complexity index is 663. The topological polar surface area (TPSA) is 61.9 Å². The van der Waals surface area contributed by atoms with E-state index < -0.39 is 5.41 Å². The summed E-state index contributed by atoms with van der Waals surface area (Å²) in [6.45, 7) is 5.71. The molecule has 1 aromatic rings. The Kier molecular flexibility index (Phi) is 5.81. The summed E-state index contributed by atoms with van der Waals surface area (Å²) in [6.07, 6.45) is 2.62. The molecule has 2 fully saturated rings. The minimum Gasteiger partial charge on any atom is -0.383 e. The molecule has 26 heavy (non-hydrogen) atoms. The highest BCUT2D eigenvalue weighted by Gasteiger charge is 2.49. The summed E-state index contributed by atoms with van der Waals surface area (Å²) in [5.41, 5.74) is 1.89. The fraction of sp³-hybridized carbons (Fsp3) is 0.600. The first-order valence-corrected chi connectivity index (χ1v) is 9.41. The lowest BCUT2D eigenvalue weighted by Gasteiger charge is -2.39. The molecule has 2 aliphatic heterocycles. The molecular formula is C20H29N3O3. The zero-order chi connectivity index (χ0) is 18.6. The summed E-state index contributed by atoms with van der Waals surface area (Å²) in [7, 11) is 1.65. The van der Waals surface area contributed by atoms with Crippen molar-refractivity contribution in [3.8, 4) is 0 Å². The van der Waals surface area contributed by atoms with E-state index in [1.807, 2.05) is 36.1 Å². The third-order valence-electron chi connectivity index (χ3n) is 5.72. The third kappa shape index (κ3) is 3.85. The van der Waals surface area contributed by atoms with Gasteiger partial charge in [0.05, 0.1) is 12.0 Å². The summed E-state index contributed by atoms with van der Waals surface area (Å²) < 4.78 is 5.12. The standard InChI is InChI=1S/C20H29N3O3/c1-16-6-3-4-7-17(16)14-21-19(25)23-11-9-20(15-23)8-5-10-22(18(20)24)12-13-26-2/h3-4,6-7H,5,8-15H2,1-2H3,(H,21,25). The van der Waals surface area contributed by atoms with Crippen LogP contribution in [0.1, 0.15) is 30.4 Å². The molecule has 0 saturated carbocycles. The lowest BCUT2D eigenvalue weighted by Crippen LogP contribution is -2.51. The number of likely N-dealkylation sites (tertiary alicyclic amines) is 2. The fourth-order valence-corrected chi connectivity index (χ4v) is 4.08. The molecule has 0 aromatic heterocycles. The van der Waals surface area contributed by atoms with Crippen molar-refractivity contribution in [1.82, 2.24) is 15.1 Å². The average molecular weight is 359 g/mol. The molecule has 142 valence electrons. The van der Waals surface area contributed by atoms with Crippen LogP contribution in [-0.2, 0) is 16.1 Å². The van der Waals surface area contributed by atoms with Crippen molar-refractivity contribution in [2.45, 2.75) is 32.7 Å². The van der Waals surface area contributed by atoms with Gasteiger partial charge in [0.15, 0.2) is 0 Å². The van der Waals surface area contributed by atoms with E-state index in [0.29, 0.717) is 32.8 Å². The predicted octanol–water partition coefficient (Wildman–Crippen LogP) is 2.17. The van der Waals surface area contributed by atoms with Gasteiger partial charge in [-0.3, -0.25) is 4.79 Å². The molecule has 6 heteroatoms. The lowest BCUT2D eigenvalue weighted by atomic mass is 9.78. The number of piperidine rings is 1. The van der Waals surface area contributed by atoms with Gasteiger partial charge in [0, 0.05) is 39.8 Å². The maximum atomic E-state index is 13.0. The zero-order valence-corrected chi connectivity index (χ0v) is 15.8. The molecule has 0 bridgehead atoms. The number of hydrogen-bond donors (Lipinski definition) is 1. The molecule has 2 heterocycles. The zero-order valence-electron chi connectivity index (χ0n) is 15.8. The molecule has 2 aliphatic rings. The molecule has 3 amide bonds. The van der Waals surface area contributed by atoms with Gasteiger partial charge in [-0.1, -0.05) is 24.3 Å². The normalized spacial score (nSPS) is 22.9. The Morgan fingerprint density at radius 2 is 2.08 bits per heavy atom. The van der Waals surface area contributed by atoms with E-state index >= 15 is 0 Å². The Morgan fingerprint density at radius 1 is 1.27 bits per heavy atom. The van der Waals surface area contributed by atoms with Gasteiger partial charge < -0.3 is 19.9 Å². The first kappa shape index (κ1) is 18.7. The number of amides is 3. The summed E-state index contributed by atoms with van der Waals surface area (Å²) in [5, 5.41) is 3.01. The molecular weight excluding hydrogens is 330 g/mol. The van der Waals surface area contributed by atoms with E-state index in [2.05, 4.69) is 5.32 Å². The molecule has 1 aromatic carbocycles. The van der Waals surface area contributed by atoms with Crippen LogP contribution in [0, 0.1) is 12.3 Å². The number of ether oxygens (including phenoxy) is 1. The van der Waals surface area contributed by atoms with Crippen molar-refractivity contribution in [1.29, 1.82) is 0 Å². The van der Waals surface area contributed by atoms with Crippen LogP contribution in [0.3, 0.4) is 0 Å². The second-order valence-corrected chi connectivity index (χ2v) is 7.43. The van der Waals surface area contributed by atoms with Crippen molar-refractivity contribution in [2.75, 3.05) is 39.9 Å². The molecule has 0 aliphatic carbocycles. The predicted molar refractivity (Wildman–Crippen MR) is 99.7 cm³/mol. The number of carbonyl (C=O) groups excluding carboxylic acids is 2. The van der Waals surface area contributed by atoms with Crippen molar-refractivity contribution in [3.63, 3.8) is 0 Å². The van der Waals surface area contributed by atoms with Crippen LogP contribution in [0.15, 0.2) is 24.3 Å². The van der Waals surface area contributed by atoms with E-state index in [4.69, 9.17) is 4.74 Å². The Balaban J connectivity index is 1.57. The Labute approximate surface area is 155 Å². The second kappa shape index (κ2) is 8.08. The molecule has 1 unspecified atom stereocenters. The van der Waals surface area contributed by atoms with E-state index in [1.165, 1.54) is 5.56 Å². The average Bonchev–Trinajstić information content (AvgIpc) is 3.07. The maximum absolute atomic E-state index is 13.0. The minimum atomic E-state index is -0.397. The Morgan fingerprint density at radius 3 is 2.85 bits per heavy atom. The number of nitrogens with one attached hydrogen (secondary N) is 1. The highest BCUT2D eigenvalue weighted by molar-refractivity contribution is 5.85. The molecule has 3 rings (SSSR count). The summed E-state index contributed by atoms with van der Waals surface area (Å²) >= 11 is 0. The number of nitrogens with zero attached hydrogens (tertiary/aromatic N) is 2. The van der Waals surface area contributed by atoms with Gasteiger partial charge in [0.2, 0.25) is 5.91 Å². The monoisotopic (exact) mass is 359 g/mol. The second-order valence-electron chi connectivity index (χ2n) is 7.43. The summed E-state index contributed by atoms with van der Waals surface area (Å²) in [6, 6.07) is 7.97. The van der Waals surface area contributed by atoms with Crippen molar-refractivity contribution in [2.24, 2.45) is 5.41 Å². The Hall–Kier alpha value is -2.08. The fourth-order valence-electron chi connectivity index (χ4n) is 4.08. The van der Waals surface area contributed by atoms with Crippen molar-refractivity contribution in [3.05, 3.63) is 35.4 Å². The first-order chi connectivity index (χ1) is 12.6. The molecule has 2 saturated heterocycles. The highest BCUT2D eigenvalue weighted by Crippen LogP contribution is 2.40. The molecule has 1 N–H and O–H groups in total. The van der Waals surface area contributed by atoms with Gasteiger partial charge in [-0.2, -0.15) is 0 Å². The van der Waals surface area contributed by atoms with E-state index in [0.717, 1.165) is 31.4 Å².